The Morgan fingerprint density at radius 3 is 2.42 bits per heavy atom. The van der Waals surface area contributed by atoms with E-state index in [0.717, 1.165) is 54.2 Å². The van der Waals surface area contributed by atoms with E-state index >= 15 is 0 Å². The lowest BCUT2D eigenvalue weighted by Gasteiger charge is -2.27. The van der Waals surface area contributed by atoms with Gasteiger partial charge in [0.25, 0.3) is 0 Å². The molecule has 2 aromatic heterocycles. The van der Waals surface area contributed by atoms with Gasteiger partial charge in [-0.15, -0.1) is 0 Å². The van der Waals surface area contributed by atoms with Crippen molar-refractivity contribution in [3.05, 3.63) is 42.1 Å². The Morgan fingerprint density at radius 1 is 1.13 bits per heavy atom. The summed E-state index contributed by atoms with van der Waals surface area (Å²) in [6.07, 6.45) is 5.88. The molecule has 0 bridgehead atoms. The molecule has 0 spiro atoms. The molecule has 31 heavy (non-hydrogen) atoms. The first kappa shape index (κ1) is 21.5. The SMILES string of the molecule is CC(C)c1cnn2c(Nc3ccc(S(N)(=O)=O)cc3)cc(NC3CCC(N)CC3)nc12. The smallest absolute Gasteiger partial charge is 0.238 e. The molecule has 1 aliphatic rings. The molecule has 0 unspecified atom stereocenters. The minimum atomic E-state index is -3.73. The molecule has 0 radical (unpaired) electrons. The van der Waals surface area contributed by atoms with E-state index in [0.29, 0.717) is 6.04 Å². The van der Waals surface area contributed by atoms with Gasteiger partial charge < -0.3 is 16.4 Å². The van der Waals surface area contributed by atoms with Gasteiger partial charge in [-0.1, -0.05) is 13.8 Å². The molecule has 9 nitrogen and oxygen atoms in total. The highest BCUT2D eigenvalue weighted by Gasteiger charge is 2.20. The van der Waals surface area contributed by atoms with Crippen LogP contribution >= 0.6 is 0 Å². The van der Waals surface area contributed by atoms with Gasteiger partial charge in [0.2, 0.25) is 10.0 Å². The maximum Gasteiger partial charge on any atom is 0.238 e. The summed E-state index contributed by atoms with van der Waals surface area (Å²) in [4.78, 5) is 4.91. The van der Waals surface area contributed by atoms with Crippen LogP contribution in [0.4, 0.5) is 17.3 Å². The standard InChI is InChI=1S/C21H29N7O2S/c1-13(2)18-12-24-28-20(26-16-7-9-17(10-8-16)31(23,29)30)11-19(27-21(18)28)25-15-5-3-14(22)4-6-15/h7-15,26H,3-6,22H2,1-2H3,(H,25,27)(H2,23,29,30). The first-order valence-corrected chi connectivity index (χ1v) is 12.1. The summed E-state index contributed by atoms with van der Waals surface area (Å²) in [6, 6.07) is 8.84. The zero-order chi connectivity index (χ0) is 22.2. The fourth-order valence-electron chi connectivity index (χ4n) is 3.90. The van der Waals surface area contributed by atoms with Crippen molar-refractivity contribution in [3.63, 3.8) is 0 Å². The van der Waals surface area contributed by atoms with E-state index in [9.17, 15) is 8.42 Å². The Morgan fingerprint density at radius 2 is 1.81 bits per heavy atom. The molecule has 4 rings (SSSR count). The zero-order valence-corrected chi connectivity index (χ0v) is 18.6. The number of nitrogens with two attached hydrogens (primary N) is 2. The second-order valence-corrected chi connectivity index (χ2v) is 10.0. The number of benzene rings is 1. The molecule has 1 fully saturated rings. The lowest BCUT2D eigenvalue weighted by Crippen LogP contribution is -2.33. The maximum atomic E-state index is 11.5. The van der Waals surface area contributed by atoms with Gasteiger partial charge in [0.05, 0.1) is 11.1 Å². The molecule has 2 heterocycles. The predicted octanol–water partition coefficient (Wildman–Crippen LogP) is 2.93. The van der Waals surface area contributed by atoms with Gasteiger partial charge in [0.15, 0.2) is 5.65 Å². The van der Waals surface area contributed by atoms with Crippen LogP contribution in [0.1, 0.15) is 51.0 Å². The summed E-state index contributed by atoms with van der Waals surface area (Å²) >= 11 is 0. The average Bonchev–Trinajstić information content (AvgIpc) is 3.14. The van der Waals surface area contributed by atoms with Gasteiger partial charge in [0.1, 0.15) is 11.6 Å². The number of fused-ring (bicyclic) bond motifs is 1. The largest absolute Gasteiger partial charge is 0.367 e. The number of hydrogen-bond acceptors (Lipinski definition) is 7. The number of nitrogens with zero attached hydrogens (tertiary/aromatic N) is 3. The first-order valence-electron chi connectivity index (χ1n) is 10.5. The Balaban J connectivity index is 1.67. The molecule has 6 N–H and O–H groups in total. The average molecular weight is 444 g/mol. The highest BCUT2D eigenvalue weighted by atomic mass is 32.2. The van der Waals surface area contributed by atoms with E-state index in [2.05, 4.69) is 29.6 Å². The lowest BCUT2D eigenvalue weighted by molar-refractivity contribution is 0.410. The van der Waals surface area contributed by atoms with Crippen molar-refractivity contribution < 1.29 is 8.42 Å². The molecular formula is C21H29N7O2S. The Bertz CT molecular complexity index is 1160. The van der Waals surface area contributed by atoms with Crippen molar-refractivity contribution in [1.29, 1.82) is 0 Å². The second kappa shape index (κ2) is 8.45. The molecule has 0 amide bonds. The topological polar surface area (TPSA) is 140 Å². The summed E-state index contributed by atoms with van der Waals surface area (Å²) in [5.74, 6) is 1.78. The summed E-state index contributed by atoms with van der Waals surface area (Å²) in [7, 11) is -3.73. The number of aromatic nitrogens is 3. The third-order valence-electron chi connectivity index (χ3n) is 5.70. The molecule has 0 atom stereocenters. The number of rotatable bonds is 6. The van der Waals surface area contributed by atoms with Gasteiger partial charge >= 0.3 is 0 Å². The number of primary sulfonamides is 1. The van der Waals surface area contributed by atoms with Crippen LogP contribution in [0.25, 0.3) is 5.65 Å². The first-order chi connectivity index (χ1) is 14.7. The molecule has 166 valence electrons. The monoisotopic (exact) mass is 443 g/mol. The van der Waals surface area contributed by atoms with Gasteiger partial charge in [-0.3, -0.25) is 0 Å². The molecule has 3 aromatic rings. The third kappa shape index (κ3) is 4.81. The van der Waals surface area contributed by atoms with Crippen LogP contribution in [0.15, 0.2) is 41.4 Å². The molecule has 1 aliphatic carbocycles. The predicted molar refractivity (Wildman–Crippen MR) is 122 cm³/mol. The number of hydrogen-bond donors (Lipinski definition) is 4. The van der Waals surface area contributed by atoms with Gasteiger partial charge in [-0.25, -0.2) is 18.5 Å². The van der Waals surface area contributed by atoms with E-state index in [1.807, 2.05) is 12.3 Å². The molecule has 0 aliphatic heterocycles. The van der Waals surface area contributed by atoms with Crippen LogP contribution in [-0.2, 0) is 10.0 Å². The van der Waals surface area contributed by atoms with Crippen LogP contribution in [0.2, 0.25) is 0 Å². The van der Waals surface area contributed by atoms with Crippen molar-refractivity contribution in [3.8, 4) is 0 Å². The van der Waals surface area contributed by atoms with Gasteiger partial charge in [-0.2, -0.15) is 9.61 Å². The number of nitrogens with one attached hydrogen (secondary N) is 2. The van der Waals surface area contributed by atoms with Crippen molar-refractivity contribution >= 4 is 33.0 Å². The van der Waals surface area contributed by atoms with Crippen LogP contribution in [0.5, 0.6) is 0 Å². The van der Waals surface area contributed by atoms with E-state index in [-0.39, 0.29) is 16.9 Å². The highest BCUT2D eigenvalue weighted by molar-refractivity contribution is 7.89. The van der Waals surface area contributed by atoms with E-state index < -0.39 is 10.0 Å². The summed E-state index contributed by atoms with van der Waals surface area (Å²) in [6.45, 7) is 4.22. The van der Waals surface area contributed by atoms with Gasteiger partial charge in [0, 0.05) is 29.4 Å². The zero-order valence-electron chi connectivity index (χ0n) is 17.7. The third-order valence-corrected chi connectivity index (χ3v) is 6.63. The molecular weight excluding hydrogens is 414 g/mol. The summed E-state index contributed by atoms with van der Waals surface area (Å²) < 4.78 is 24.8. The van der Waals surface area contributed by atoms with Crippen molar-refractivity contribution in [2.75, 3.05) is 10.6 Å². The summed E-state index contributed by atoms with van der Waals surface area (Å²) in [5.41, 5.74) is 8.61. The number of anilines is 3. The van der Waals surface area contributed by atoms with E-state index in [1.165, 1.54) is 12.1 Å². The molecule has 1 saturated carbocycles. The molecule has 1 aromatic carbocycles. The second-order valence-electron chi connectivity index (χ2n) is 8.47. The van der Waals surface area contributed by atoms with E-state index in [1.54, 1.807) is 16.6 Å². The fourth-order valence-corrected chi connectivity index (χ4v) is 4.41. The van der Waals surface area contributed by atoms with Crippen molar-refractivity contribution in [1.82, 2.24) is 14.6 Å². The van der Waals surface area contributed by atoms with Crippen molar-refractivity contribution in [2.24, 2.45) is 10.9 Å². The van der Waals surface area contributed by atoms with Crippen LogP contribution in [0, 0.1) is 0 Å². The van der Waals surface area contributed by atoms with E-state index in [4.69, 9.17) is 15.9 Å². The maximum absolute atomic E-state index is 11.5. The molecule has 0 saturated heterocycles. The van der Waals surface area contributed by atoms with Crippen LogP contribution < -0.4 is 21.5 Å². The van der Waals surface area contributed by atoms with Gasteiger partial charge in [-0.05, 0) is 55.9 Å². The fraction of sp³-hybridized carbons (Fsp3) is 0.429. The minimum Gasteiger partial charge on any atom is -0.367 e. The normalized spacial score (nSPS) is 19.6. The van der Waals surface area contributed by atoms with Crippen molar-refractivity contribution in [2.45, 2.75) is 62.4 Å². The summed E-state index contributed by atoms with van der Waals surface area (Å²) in [5, 5.41) is 16.6. The lowest BCUT2D eigenvalue weighted by atomic mass is 9.92. The Labute approximate surface area is 182 Å². The highest BCUT2D eigenvalue weighted by Crippen LogP contribution is 2.28. The minimum absolute atomic E-state index is 0.0666. The number of sulfonamides is 1. The Kier molecular flexibility index (Phi) is 5.87. The molecule has 10 heteroatoms. The van der Waals surface area contributed by atoms with Crippen LogP contribution in [-0.4, -0.2) is 35.1 Å². The Hall–Kier alpha value is -2.69. The van der Waals surface area contributed by atoms with Crippen LogP contribution in [0.3, 0.4) is 0 Å². The quantitative estimate of drug-likeness (QED) is 0.459.